The van der Waals surface area contributed by atoms with Crippen LogP contribution in [0.1, 0.15) is 5.56 Å². The second kappa shape index (κ2) is 7.84. The zero-order valence-corrected chi connectivity index (χ0v) is 14.0. The van der Waals surface area contributed by atoms with Crippen LogP contribution in [0.25, 0.3) is 0 Å². The number of nitrogens with zero attached hydrogens (tertiary/aromatic N) is 2. The van der Waals surface area contributed by atoms with E-state index in [2.05, 4.69) is 10.6 Å². The van der Waals surface area contributed by atoms with E-state index in [1.165, 1.54) is 6.20 Å². The molecule has 2 rings (SSSR count). The maximum absolute atomic E-state index is 12.2. The Kier molecular flexibility index (Phi) is 5.58. The fourth-order valence-electron chi connectivity index (χ4n) is 2.08. The van der Waals surface area contributed by atoms with Gasteiger partial charge in [0.1, 0.15) is 11.6 Å². The number of nitriles is 1. The molecule has 0 radical (unpaired) electrons. The van der Waals surface area contributed by atoms with Crippen LogP contribution in [0.2, 0.25) is 0 Å². The first-order chi connectivity index (χ1) is 11.5. The Bertz CT molecular complexity index is 803. The fraction of sp³-hybridized carbons (Fsp3) is 0.158. The number of amides is 1. The molecule has 0 aliphatic heterocycles. The first-order valence-corrected chi connectivity index (χ1v) is 7.52. The Morgan fingerprint density at radius 2 is 1.92 bits per heavy atom. The molecule has 0 saturated carbocycles. The topological polar surface area (TPSA) is 68.2 Å². The summed E-state index contributed by atoms with van der Waals surface area (Å²) in [5, 5.41) is 15.0. The van der Waals surface area contributed by atoms with Crippen molar-refractivity contribution in [3.8, 4) is 6.07 Å². The van der Waals surface area contributed by atoms with Gasteiger partial charge in [-0.2, -0.15) is 5.26 Å². The standard InChI is InChI=1S/C19H20N4O/c1-14-7-4-5-10-18(14)22-19(24)15(12-20)13-21-16-8-6-9-17(11-16)23(2)3/h4-11,13,21H,1-3H3,(H,22,24)/b15-13-. The minimum atomic E-state index is -0.442. The quantitative estimate of drug-likeness (QED) is 0.653. The Labute approximate surface area is 142 Å². The molecule has 2 N–H and O–H groups in total. The SMILES string of the molecule is Cc1ccccc1NC(=O)/C(C#N)=C\Nc1cccc(N(C)C)c1. The molecule has 0 aliphatic carbocycles. The van der Waals surface area contributed by atoms with Gasteiger partial charge in [-0.25, -0.2) is 0 Å². The van der Waals surface area contributed by atoms with Crippen molar-refractivity contribution in [1.82, 2.24) is 0 Å². The Balaban J connectivity index is 2.12. The summed E-state index contributed by atoms with van der Waals surface area (Å²) in [5.74, 6) is -0.442. The smallest absolute Gasteiger partial charge is 0.267 e. The van der Waals surface area contributed by atoms with Gasteiger partial charge in [-0.3, -0.25) is 4.79 Å². The number of carbonyl (C=O) groups excluding carboxylic acids is 1. The van der Waals surface area contributed by atoms with Gasteiger partial charge in [-0.05, 0) is 36.8 Å². The van der Waals surface area contributed by atoms with E-state index in [9.17, 15) is 10.1 Å². The number of hydrogen-bond acceptors (Lipinski definition) is 4. The highest BCUT2D eigenvalue weighted by Crippen LogP contribution is 2.18. The van der Waals surface area contributed by atoms with E-state index in [0.717, 1.165) is 16.9 Å². The monoisotopic (exact) mass is 320 g/mol. The maximum atomic E-state index is 12.2. The highest BCUT2D eigenvalue weighted by molar-refractivity contribution is 6.07. The summed E-state index contributed by atoms with van der Waals surface area (Å²) >= 11 is 0. The van der Waals surface area contributed by atoms with Gasteiger partial charge in [-0.15, -0.1) is 0 Å². The van der Waals surface area contributed by atoms with E-state index in [4.69, 9.17) is 0 Å². The Morgan fingerprint density at radius 3 is 2.58 bits per heavy atom. The normalized spacial score (nSPS) is 10.7. The lowest BCUT2D eigenvalue weighted by molar-refractivity contribution is -0.112. The van der Waals surface area contributed by atoms with E-state index in [1.54, 1.807) is 6.07 Å². The third kappa shape index (κ3) is 4.37. The summed E-state index contributed by atoms with van der Waals surface area (Å²) < 4.78 is 0. The van der Waals surface area contributed by atoms with Crippen molar-refractivity contribution in [2.45, 2.75) is 6.92 Å². The van der Waals surface area contributed by atoms with Crippen LogP contribution in [0.3, 0.4) is 0 Å². The van der Waals surface area contributed by atoms with Crippen molar-refractivity contribution in [2.24, 2.45) is 0 Å². The lowest BCUT2D eigenvalue weighted by Gasteiger charge is -2.13. The molecule has 0 spiro atoms. The molecule has 0 fully saturated rings. The maximum Gasteiger partial charge on any atom is 0.267 e. The van der Waals surface area contributed by atoms with Gasteiger partial charge in [0, 0.05) is 37.4 Å². The van der Waals surface area contributed by atoms with Crippen LogP contribution in [0.5, 0.6) is 0 Å². The molecular formula is C19H20N4O. The minimum absolute atomic E-state index is 0.00788. The molecule has 0 atom stereocenters. The molecule has 2 aromatic carbocycles. The largest absolute Gasteiger partial charge is 0.378 e. The number of para-hydroxylation sites is 1. The van der Waals surface area contributed by atoms with Crippen molar-refractivity contribution in [2.75, 3.05) is 29.6 Å². The van der Waals surface area contributed by atoms with Crippen LogP contribution in [-0.4, -0.2) is 20.0 Å². The first kappa shape index (κ1) is 17.1. The predicted octanol–water partition coefficient (Wildman–Crippen LogP) is 3.52. The summed E-state index contributed by atoms with van der Waals surface area (Å²) in [6.07, 6.45) is 1.42. The van der Waals surface area contributed by atoms with Crippen LogP contribution in [-0.2, 0) is 4.79 Å². The average Bonchev–Trinajstić information content (AvgIpc) is 2.57. The fourth-order valence-corrected chi connectivity index (χ4v) is 2.08. The molecule has 1 amide bonds. The van der Waals surface area contributed by atoms with Crippen LogP contribution < -0.4 is 15.5 Å². The van der Waals surface area contributed by atoms with Gasteiger partial charge in [0.15, 0.2) is 0 Å². The third-order valence-electron chi connectivity index (χ3n) is 3.50. The average molecular weight is 320 g/mol. The molecule has 5 nitrogen and oxygen atoms in total. The lowest BCUT2D eigenvalue weighted by Crippen LogP contribution is -2.15. The number of hydrogen-bond donors (Lipinski definition) is 2. The van der Waals surface area contributed by atoms with Gasteiger partial charge in [0.25, 0.3) is 5.91 Å². The molecule has 0 saturated heterocycles. The van der Waals surface area contributed by atoms with Gasteiger partial charge >= 0.3 is 0 Å². The zero-order valence-electron chi connectivity index (χ0n) is 14.0. The van der Waals surface area contributed by atoms with Gasteiger partial charge in [-0.1, -0.05) is 24.3 Å². The number of nitrogens with one attached hydrogen (secondary N) is 2. The number of benzene rings is 2. The number of rotatable bonds is 5. The highest BCUT2D eigenvalue weighted by Gasteiger charge is 2.10. The summed E-state index contributed by atoms with van der Waals surface area (Å²) in [6, 6.07) is 17.1. The molecular weight excluding hydrogens is 300 g/mol. The summed E-state index contributed by atoms with van der Waals surface area (Å²) in [4.78, 5) is 14.2. The number of anilines is 3. The second-order valence-corrected chi connectivity index (χ2v) is 5.53. The van der Waals surface area contributed by atoms with Crippen molar-refractivity contribution in [1.29, 1.82) is 5.26 Å². The summed E-state index contributed by atoms with van der Waals surface area (Å²) in [7, 11) is 3.90. The molecule has 0 bridgehead atoms. The van der Waals surface area contributed by atoms with Crippen LogP contribution in [0, 0.1) is 18.3 Å². The van der Waals surface area contributed by atoms with E-state index >= 15 is 0 Å². The predicted molar refractivity (Wildman–Crippen MR) is 97.9 cm³/mol. The molecule has 0 aromatic heterocycles. The summed E-state index contributed by atoms with van der Waals surface area (Å²) in [5.41, 5.74) is 3.47. The molecule has 2 aromatic rings. The van der Waals surface area contributed by atoms with Gasteiger partial charge < -0.3 is 15.5 Å². The first-order valence-electron chi connectivity index (χ1n) is 7.52. The van der Waals surface area contributed by atoms with Crippen molar-refractivity contribution in [3.63, 3.8) is 0 Å². The Hall–Kier alpha value is -3.26. The van der Waals surface area contributed by atoms with Crippen molar-refractivity contribution < 1.29 is 4.79 Å². The summed E-state index contributed by atoms with van der Waals surface area (Å²) in [6.45, 7) is 1.90. The van der Waals surface area contributed by atoms with E-state index in [1.807, 2.05) is 74.5 Å². The van der Waals surface area contributed by atoms with Crippen molar-refractivity contribution >= 4 is 23.0 Å². The van der Waals surface area contributed by atoms with Crippen LogP contribution in [0.15, 0.2) is 60.3 Å². The lowest BCUT2D eigenvalue weighted by atomic mass is 10.2. The number of aryl methyl sites for hydroxylation is 1. The Morgan fingerprint density at radius 1 is 1.17 bits per heavy atom. The zero-order chi connectivity index (χ0) is 17.5. The van der Waals surface area contributed by atoms with Crippen LogP contribution >= 0.6 is 0 Å². The van der Waals surface area contributed by atoms with Crippen LogP contribution in [0.4, 0.5) is 17.1 Å². The molecule has 24 heavy (non-hydrogen) atoms. The molecule has 5 heteroatoms. The molecule has 122 valence electrons. The third-order valence-corrected chi connectivity index (χ3v) is 3.50. The molecule has 0 unspecified atom stereocenters. The van der Waals surface area contributed by atoms with Crippen molar-refractivity contribution in [3.05, 3.63) is 65.9 Å². The van der Waals surface area contributed by atoms with E-state index in [-0.39, 0.29) is 5.57 Å². The highest BCUT2D eigenvalue weighted by atomic mass is 16.1. The second-order valence-electron chi connectivity index (χ2n) is 5.53. The minimum Gasteiger partial charge on any atom is -0.378 e. The van der Waals surface area contributed by atoms with E-state index in [0.29, 0.717) is 5.69 Å². The van der Waals surface area contributed by atoms with Gasteiger partial charge in [0.05, 0.1) is 0 Å². The van der Waals surface area contributed by atoms with E-state index < -0.39 is 5.91 Å². The van der Waals surface area contributed by atoms with Gasteiger partial charge in [0.2, 0.25) is 0 Å². The number of carbonyl (C=O) groups is 1. The molecule has 0 aliphatic rings. The molecule has 0 heterocycles.